The smallest absolute Gasteiger partial charge is 0.251 e. The van der Waals surface area contributed by atoms with Crippen molar-refractivity contribution >= 4 is 31.7 Å². The van der Waals surface area contributed by atoms with E-state index in [-0.39, 0.29) is 35.6 Å². The van der Waals surface area contributed by atoms with Crippen LogP contribution >= 0.6 is 15.9 Å². The number of carbonyl (C=O) groups is 1. The van der Waals surface area contributed by atoms with Crippen molar-refractivity contribution in [1.82, 2.24) is 14.8 Å². The van der Waals surface area contributed by atoms with Gasteiger partial charge in [0.05, 0.1) is 17.5 Å². The topological polar surface area (TPSA) is 88.5 Å². The SMILES string of the molecule is O=C(Cn1cc(Br)ccc1=O)NC1CS(=O)(=O)CC1N1CCCCC1. The number of likely N-dealkylation sites (tertiary alicyclic amines) is 1. The first kappa shape index (κ1) is 18.6. The molecule has 1 amide bonds. The van der Waals surface area contributed by atoms with E-state index in [2.05, 4.69) is 26.1 Å². The molecule has 1 aromatic rings. The first-order chi connectivity index (χ1) is 11.8. The molecular formula is C16H22BrN3O4S. The van der Waals surface area contributed by atoms with Gasteiger partial charge in [0.1, 0.15) is 6.54 Å². The first-order valence-corrected chi connectivity index (χ1v) is 11.1. The first-order valence-electron chi connectivity index (χ1n) is 8.44. The molecule has 3 rings (SSSR count). The van der Waals surface area contributed by atoms with Crippen LogP contribution in [0.2, 0.25) is 0 Å². The summed E-state index contributed by atoms with van der Waals surface area (Å²) in [7, 11) is -3.16. The van der Waals surface area contributed by atoms with Crippen LogP contribution < -0.4 is 10.9 Å². The molecule has 2 atom stereocenters. The molecule has 1 aromatic heterocycles. The van der Waals surface area contributed by atoms with Crippen LogP contribution in [0.15, 0.2) is 27.6 Å². The summed E-state index contributed by atoms with van der Waals surface area (Å²) < 4.78 is 26.2. The molecule has 2 aliphatic heterocycles. The van der Waals surface area contributed by atoms with Gasteiger partial charge in [0.25, 0.3) is 5.56 Å². The normalized spacial score (nSPS) is 26.4. The number of nitrogens with one attached hydrogen (secondary N) is 1. The molecule has 0 saturated carbocycles. The monoisotopic (exact) mass is 431 g/mol. The minimum absolute atomic E-state index is 0.0344. The molecular weight excluding hydrogens is 410 g/mol. The van der Waals surface area contributed by atoms with Crippen molar-refractivity contribution < 1.29 is 13.2 Å². The standard InChI is InChI=1S/C16H22BrN3O4S/c17-12-4-5-16(22)20(8-12)9-15(21)18-13-10-25(23,24)11-14(13)19-6-2-1-3-7-19/h4-5,8,13-14H,1-3,6-7,9-11H2,(H,18,21). The van der Waals surface area contributed by atoms with Gasteiger partial charge in [-0.25, -0.2) is 8.42 Å². The zero-order chi connectivity index (χ0) is 18.0. The third-order valence-corrected chi connectivity index (χ3v) is 6.98. The average Bonchev–Trinajstić information content (AvgIpc) is 2.86. The number of halogens is 1. The fourth-order valence-electron chi connectivity index (χ4n) is 3.61. The molecule has 0 spiro atoms. The summed E-state index contributed by atoms with van der Waals surface area (Å²) >= 11 is 3.27. The summed E-state index contributed by atoms with van der Waals surface area (Å²) in [6, 6.07) is 2.41. The molecule has 2 unspecified atom stereocenters. The fraction of sp³-hybridized carbons (Fsp3) is 0.625. The predicted molar refractivity (Wildman–Crippen MR) is 98.2 cm³/mol. The van der Waals surface area contributed by atoms with E-state index in [4.69, 9.17) is 0 Å². The number of hydrogen-bond donors (Lipinski definition) is 1. The van der Waals surface area contributed by atoms with Crippen LogP contribution in [0.4, 0.5) is 0 Å². The van der Waals surface area contributed by atoms with Gasteiger partial charge in [0.15, 0.2) is 9.84 Å². The highest BCUT2D eigenvalue weighted by Gasteiger charge is 2.41. The van der Waals surface area contributed by atoms with Gasteiger partial charge in [-0.2, -0.15) is 0 Å². The van der Waals surface area contributed by atoms with Crippen molar-refractivity contribution in [1.29, 1.82) is 0 Å². The summed E-state index contributed by atoms with van der Waals surface area (Å²) in [6.45, 7) is 1.62. The number of nitrogens with zero attached hydrogens (tertiary/aromatic N) is 2. The molecule has 3 heterocycles. The Morgan fingerprint density at radius 3 is 2.64 bits per heavy atom. The van der Waals surface area contributed by atoms with E-state index >= 15 is 0 Å². The minimum Gasteiger partial charge on any atom is -0.349 e. The molecule has 2 aliphatic rings. The van der Waals surface area contributed by atoms with E-state index in [1.165, 1.54) is 17.1 Å². The van der Waals surface area contributed by atoms with Crippen molar-refractivity contribution in [3.05, 3.63) is 33.2 Å². The molecule has 7 nitrogen and oxygen atoms in total. The van der Waals surface area contributed by atoms with Crippen LogP contribution in [-0.2, 0) is 21.2 Å². The van der Waals surface area contributed by atoms with E-state index in [1.807, 2.05) is 0 Å². The molecule has 9 heteroatoms. The van der Waals surface area contributed by atoms with Gasteiger partial charge in [-0.15, -0.1) is 0 Å². The fourth-order valence-corrected chi connectivity index (χ4v) is 5.94. The maximum absolute atomic E-state index is 12.4. The lowest BCUT2D eigenvalue weighted by molar-refractivity contribution is -0.122. The average molecular weight is 432 g/mol. The van der Waals surface area contributed by atoms with Gasteiger partial charge >= 0.3 is 0 Å². The van der Waals surface area contributed by atoms with Crippen molar-refractivity contribution in [3.63, 3.8) is 0 Å². The molecule has 0 bridgehead atoms. The number of sulfone groups is 1. The van der Waals surface area contributed by atoms with Crippen molar-refractivity contribution in [2.45, 2.75) is 37.9 Å². The second-order valence-electron chi connectivity index (χ2n) is 6.73. The Labute approximate surface area is 155 Å². The van der Waals surface area contributed by atoms with E-state index in [9.17, 15) is 18.0 Å². The van der Waals surface area contributed by atoms with Crippen LogP contribution in [0.5, 0.6) is 0 Å². The number of pyridine rings is 1. The van der Waals surface area contributed by atoms with E-state index in [0.717, 1.165) is 25.9 Å². The van der Waals surface area contributed by atoms with Crippen LogP contribution in [0.3, 0.4) is 0 Å². The quantitative estimate of drug-likeness (QED) is 0.744. The molecule has 2 saturated heterocycles. The maximum Gasteiger partial charge on any atom is 0.251 e. The lowest BCUT2D eigenvalue weighted by Crippen LogP contribution is -2.53. The lowest BCUT2D eigenvalue weighted by atomic mass is 10.0. The van der Waals surface area contributed by atoms with Crippen molar-refractivity contribution in [2.75, 3.05) is 24.6 Å². The van der Waals surface area contributed by atoms with Gasteiger partial charge in [0, 0.05) is 22.8 Å². The maximum atomic E-state index is 12.4. The van der Waals surface area contributed by atoms with Gasteiger partial charge in [-0.05, 0) is 47.9 Å². The second kappa shape index (κ2) is 7.59. The number of rotatable bonds is 4. The van der Waals surface area contributed by atoms with Crippen molar-refractivity contribution in [3.8, 4) is 0 Å². The minimum atomic E-state index is -3.16. The van der Waals surface area contributed by atoms with Gasteiger partial charge in [-0.1, -0.05) is 6.42 Å². The Balaban J connectivity index is 1.69. The summed E-state index contributed by atoms with van der Waals surface area (Å²) in [4.78, 5) is 26.4. The van der Waals surface area contributed by atoms with Gasteiger partial charge in [-0.3, -0.25) is 14.5 Å². The molecule has 1 N–H and O–H groups in total. The van der Waals surface area contributed by atoms with Crippen LogP contribution in [0, 0.1) is 0 Å². The number of amides is 1. The number of piperidine rings is 1. The largest absolute Gasteiger partial charge is 0.349 e. The third-order valence-electron chi connectivity index (χ3n) is 4.79. The summed E-state index contributed by atoms with van der Waals surface area (Å²) in [5.74, 6) is -0.286. The summed E-state index contributed by atoms with van der Waals surface area (Å²) in [6.07, 6.45) is 4.84. The molecule has 0 aromatic carbocycles. The van der Waals surface area contributed by atoms with E-state index < -0.39 is 15.9 Å². The predicted octanol–water partition coefficient (Wildman–Crippen LogP) is 0.379. The molecule has 0 radical (unpaired) electrons. The molecule has 2 fully saturated rings. The molecule has 138 valence electrons. The lowest BCUT2D eigenvalue weighted by Gasteiger charge is -2.35. The highest BCUT2D eigenvalue weighted by atomic mass is 79.9. The Hall–Kier alpha value is -1.19. The number of carbonyl (C=O) groups excluding carboxylic acids is 1. The number of hydrogen-bond acceptors (Lipinski definition) is 5. The van der Waals surface area contributed by atoms with Crippen LogP contribution in [0.25, 0.3) is 0 Å². The number of aromatic nitrogens is 1. The Bertz CT molecular complexity index is 802. The Morgan fingerprint density at radius 1 is 1.20 bits per heavy atom. The third kappa shape index (κ3) is 4.71. The van der Waals surface area contributed by atoms with Crippen molar-refractivity contribution in [2.24, 2.45) is 0 Å². The zero-order valence-electron chi connectivity index (χ0n) is 13.9. The van der Waals surface area contributed by atoms with Gasteiger partial charge in [0.2, 0.25) is 5.91 Å². The second-order valence-corrected chi connectivity index (χ2v) is 9.80. The van der Waals surface area contributed by atoms with E-state index in [0.29, 0.717) is 4.47 Å². The van der Waals surface area contributed by atoms with Gasteiger partial charge < -0.3 is 9.88 Å². The Morgan fingerprint density at radius 2 is 1.92 bits per heavy atom. The summed E-state index contributed by atoms with van der Waals surface area (Å²) in [5.41, 5.74) is -0.273. The van der Waals surface area contributed by atoms with E-state index in [1.54, 1.807) is 12.3 Å². The Kier molecular flexibility index (Phi) is 5.65. The molecule has 0 aliphatic carbocycles. The highest BCUT2D eigenvalue weighted by molar-refractivity contribution is 9.10. The van der Waals surface area contributed by atoms with Crippen LogP contribution in [-0.4, -0.2) is 60.5 Å². The zero-order valence-corrected chi connectivity index (χ0v) is 16.3. The van der Waals surface area contributed by atoms with Crippen LogP contribution in [0.1, 0.15) is 19.3 Å². The summed E-state index contributed by atoms with van der Waals surface area (Å²) in [5, 5.41) is 2.84. The highest BCUT2D eigenvalue weighted by Crippen LogP contribution is 2.22. The molecule has 25 heavy (non-hydrogen) atoms.